The molecule has 1 fully saturated rings. The summed E-state index contributed by atoms with van der Waals surface area (Å²) in [4.78, 5) is 22.3. The SMILES string of the molecule is CCN(C[C@@H]1CCOC1)C(=O)Nc1ccc(-n2cncn2)nc1. The molecule has 1 N–H and O–H groups in total. The number of rotatable bonds is 5. The van der Waals surface area contributed by atoms with Gasteiger partial charge in [-0.3, -0.25) is 0 Å². The van der Waals surface area contributed by atoms with Gasteiger partial charge in [-0.2, -0.15) is 5.10 Å². The molecule has 3 rings (SSSR count). The molecule has 122 valence electrons. The molecule has 1 saturated heterocycles. The van der Waals surface area contributed by atoms with Crippen LogP contribution in [0.1, 0.15) is 13.3 Å². The fraction of sp³-hybridized carbons (Fsp3) is 0.467. The molecular weight excluding hydrogens is 296 g/mol. The maximum atomic E-state index is 12.4. The van der Waals surface area contributed by atoms with Crippen LogP contribution in [-0.2, 0) is 4.74 Å². The lowest BCUT2D eigenvalue weighted by Gasteiger charge is -2.24. The summed E-state index contributed by atoms with van der Waals surface area (Å²) >= 11 is 0. The van der Waals surface area contributed by atoms with Gasteiger partial charge < -0.3 is 15.0 Å². The molecule has 2 aromatic heterocycles. The summed E-state index contributed by atoms with van der Waals surface area (Å²) in [6.07, 6.45) is 5.64. The number of ether oxygens (including phenoxy) is 1. The topological polar surface area (TPSA) is 85.2 Å². The van der Waals surface area contributed by atoms with Crippen molar-refractivity contribution in [3.63, 3.8) is 0 Å². The minimum Gasteiger partial charge on any atom is -0.381 e. The smallest absolute Gasteiger partial charge is 0.321 e. The Morgan fingerprint density at radius 2 is 2.43 bits per heavy atom. The highest BCUT2D eigenvalue weighted by Crippen LogP contribution is 2.15. The van der Waals surface area contributed by atoms with E-state index in [0.29, 0.717) is 30.5 Å². The van der Waals surface area contributed by atoms with E-state index in [1.807, 2.05) is 6.92 Å². The minimum atomic E-state index is -0.116. The molecule has 1 atom stereocenters. The Morgan fingerprint density at radius 1 is 1.52 bits per heavy atom. The van der Waals surface area contributed by atoms with E-state index in [-0.39, 0.29) is 6.03 Å². The number of anilines is 1. The van der Waals surface area contributed by atoms with E-state index in [4.69, 9.17) is 4.74 Å². The van der Waals surface area contributed by atoms with Crippen LogP contribution in [0.2, 0.25) is 0 Å². The lowest BCUT2D eigenvalue weighted by Crippen LogP contribution is -2.38. The van der Waals surface area contributed by atoms with Gasteiger partial charge in [0.05, 0.1) is 18.5 Å². The largest absolute Gasteiger partial charge is 0.381 e. The number of hydrogen-bond acceptors (Lipinski definition) is 5. The first-order chi connectivity index (χ1) is 11.3. The van der Waals surface area contributed by atoms with Crippen molar-refractivity contribution in [1.82, 2.24) is 24.6 Å². The summed E-state index contributed by atoms with van der Waals surface area (Å²) in [5.41, 5.74) is 0.653. The molecule has 23 heavy (non-hydrogen) atoms. The van der Waals surface area contributed by atoms with Crippen molar-refractivity contribution in [3.8, 4) is 5.82 Å². The molecule has 1 aliphatic rings. The molecule has 0 radical (unpaired) electrons. The van der Waals surface area contributed by atoms with E-state index < -0.39 is 0 Å². The molecule has 2 aromatic rings. The second-order valence-corrected chi connectivity index (χ2v) is 5.44. The maximum Gasteiger partial charge on any atom is 0.321 e. The predicted octanol–water partition coefficient (Wildman–Crippen LogP) is 1.55. The standard InChI is InChI=1S/C15H20N6O2/c1-2-20(8-12-5-6-23-9-12)15(22)19-13-3-4-14(17-7-13)21-11-16-10-18-21/h3-4,7,10-12H,2,5-6,8-9H2,1H3,(H,19,22)/t12-/m0/s1. The Hall–Kier alpha value is -2.48. The van der Waals surface area contributed by atoms with E-state index >= 15 is 0 Å². The number of carbonyl (C=O) groups is 1. The molecule has 1 aliphatic heterocycles. The highest BCUT2D eigenvalue weighted by atomic mass is 16.5. The average molecular weight is 316 g/mol. The van der Waals surface area contributed by atoms with Gasteiger partial charge in [-0.15, -0.1) is 0 Å². The van der Waals surface area contributed by atoms with Crippen molar-refractivity contribution < 1.29 is 9.53 Å². The van der Waals surface area contributed by atoms with Crippen LogP contribution in [0.3, 0.4) is 0 Å². The summed E-state index contributed by atoms with van der Waals surface area (Å²) in [6, 6.07) is 3.47. The molecular formula is C15H20N6O2. The number of pyridine rings is 1. The monoisotopic (exact) mass is 316 g/mol. The lowest BCUT2D eigenvalue weighted by molar-refractivity contribution is 0.171. The van der Waals surface area contributed by atoms with Crippen molar-refractivity contribution in [2.24, 2.45) is 5.92 Å². The Labute approximate surface area is 134 Å². The number of hydrogen-bond donors (Lipinski definition) is 1. The van der Waals surface area contributed by atoms with Crippen LogP contribution in [0.5, 0.6) is 0 Å². The third-order valence-electron chi connectivity index (χ3n) is 3.82. The molecule has 0 bridgehead atoms. The van der Waals surface area contributed by atoms with E-state index in [0.717, 1.165) is 19.6 Å². The number of aromatic nitrogens is 4. The number of carbonyl (C=O) groups excluding carboxylic acids is 1. The van der Waals surface area contributed by atoms with E-state index in [1.165, 1.54) is 6.33 Å². The van der Waals surface area contributed by atoms with Crippen LogP contribution >= 0.6 is 0 Å². The molecule has 8 nitrogen and oxygen atoms in total. The quantitative estimate of drug-likeness (QED) is 0.904. The molecule has 0 saturated carbocycles. The zero-order valence-electron chi connectivity index (χ0n) is 13.1. The van der Waals surface area contributed by atoms with Gasteiger partial charge in [0.1, 0.15) is 12.7 Å². The maximum absolute atomic E-state index is 12.4. The Kier molecular flexibility index (Phi) is 4.82. The Bertz CT molecular complexity index is 622. The number of nitrogens with zero attached hydrogens (tertiary/aromatic N) is 5. The highest BCUT2D eigenvalue weighted by Gasteiger charge is 2.21. The number of nitrogens with one attached hydrogen (secondary N) is 1. The summed E-state index contributed by atoms with van der Waals surface area (Å²) < 4.78 is 6.93. The second kappa shape index (κ2) is 7.19. The van der Waals surface area contributed by atoms with Crippen LogP contribution < -0.4 is 5.32 Å². The van der Waals surface area contributed by atoms with Gasteiger partial charge in [-0.05, 0) is 25.5 Å². The molecule has 3 heterocycles. The first-order valence-electron chi connectivity index (χ1n) is 7.71. The van der Waals surface area contributed by atoms with Crippen molar-refractivity contribution in [1.29, 1.82) is 0 Å². The van der Waals surface area contributed by atoms with Crippen molar-refractivity contribution in [2.45, 2.75) is 13.3 Å². The summed E-state index contributed by atoms with van der Waals surface area (Å²) in [7, 11) is 0. The Balaban J connectivity index is 1.59. The molecule has 0 spiro atoms. The number of amides is 2. The Morgan fingerprint density at radius 3 is 3.04 bits per heavy atom. The average Bonchev–Trinajstić information content (AvgIpc) is 3.27. The van der Waals surface area contributed by atoms with Crippen molar-refractivity contribution >= 4 is 11.7 Å². The first-order valence-corrected chi connectivity index (χ1v) is 7.71. The minimum absolute atomic E-state index is 0.116. The summed E-state index contributed by atoms with van der Waals surface area (Å²) in [5, 5.41) is 6.89. The predicted molar refractivity (Wildman–Crippen MR) is 84.3 cm³/mol. The second-order valence-electron chi connectivity index (χ2n) is 5.44. The normalized spacial score (nSPS) is 17.2. The van der Waals surface area contributed by atoms with Gasteiger partial charge >= 0.3 is 6.03 Å². The summed E-state index contributed by atoms with van der Waals surface area (Å²) in [6.45, 7) is 4.87. The third kappa shape index (κ3) is 3.84. The molecule has 2 amide bonds. The van der Waals surface area contributed by atoms with E-state index in [2.05, 4.69) is 20.4 Å². The molecule has 0 aromatic carbocycles. The van der Waals surface area contributed by atoms with Gasteiger partial charge in [0.2, 0.25) is 0 Å². The highest BCUT2D eigenvalue weighted by molar-refractivity contribution is 5.89. The zero-order chi connectivity index (χ0) is 16.1. The fourth-order valence-corrected chi connectivity index (χ4v) is 2.52. The van der Waals surface area contributed by atoms with Crippen LogP contribution in [0.15, 0.2) is 31.0 Å². The van der Waals surface area contributed by atoms with E-state index in [9.17, 15) is 4.79 Å². The van der Waals surface area contributed by atoms with Gasteiger partial charge in [-0.25, -0.2) is 19.4 Å². The van der Waals surface area contributed by atoms with Gasteiger partial charge in [-0.1, -0.05) is 0 Å². The molecule has 0 aliphatic carbocycles. The third-order valence-corrected chi connectivity index (χ3v) is 3.82. The summed E-state index contributed by atoms with van der Waals surface area (Å²) in [5.74, 6) is 1.07. The van der Waals surface area contributed by atoms with E-state index in [1.54, 1.807) is 34.2 Å². The first kappa shape index (κ1) is 15.4. The molecule has 0 unspecified atom stereocenters. The zero-order valence-corrected chi connectivity index (χ0v) is 13.1. The van der Waals surface area contributed by atoms with Gasteiger partial charge in [0, 0.05) is 25.6 Å². The van der Waals surface area contributed by atoms with Crippen LogP contribution in [0.25, 0.3) is 5.82 Å². The fourth-order valence-electron chi connectivity index (χ4n) is 2.52. The van der Waals surface area contributed by atoms with Crippen molar-refractivity contribution in [2.75, 3.05) is 31.6 Å². The number of urea groups is 1. The van der Waals surface area contributed by atoms with Crippen LogP contribution in [0, 0.1) is 5.92 Å². The van der Waals surface area contributed by atoms with Gasteiger partial charge in [0.15, 0.2) is 5.82 Å². The lowest BCUT2D eigenvalue weighted by atomic mass is 10.1. The van der Waals surface area contributed by atoms with Crippen LogP contribution in [-0.4, -0.2) is 57.0 Å². The van der Waals surface area contributed by atoms with Crippen LogP contribution in [0.4, 0.5) is 10.5 Å². The molecule has 8 heteroatoms. The van der Waals surface area contributed by atoms with Gasteiger partial charge in [0.25, 0.3) is 0 Å². The van der Waals surface area contributed by atoms with Crippen molar-refractivity contribution in [3.05, 3.63) is 31.0 Å².